The molecule has 2 aromatic rings. The zero-order chi connectivity index (χ0) is 22.4. The molecule has 0 radical (unpaired) electrons. The normalized spacial score (nSPS) is 15.5. The van der Waals surface area contributed by atoms with Gasteiger partial charge >= 0.3 is 0 Å². The van der Waals surface area contributed by atoms with Gasteiger partial charge < -0.3 is 19.1 Å². The second-order valence-electron chi connectivity index (χ2n) is 7.35. The molecule has 1 amide bonds. The summed E-state index contributed by atoms with van der Waals surface area (Å²) in [5.41, 5.74) is 6.02. The molecule has 1 aliphatic heterocycles. The third-order valence-corrected chi connectivity index (χ3v) is 5.67. The van der Waals surface area contributed by atoms with Gasteiger partial charge in [0.25, 0.3) is 5.91 Å². The van der Waals surface area contributed by atoms with Crippen molar-refractivity contribution in [2.45, 2.75) is 19.9 Å². The largest absolute Gasteiger partial charge is 0.497 e. The van der Waals surface area contributed by atoms with Gasteiger partial charge in [-0.3, -0.25) is 10.2 Å². The number of para-hydroxylation sites is 1. The highest BCUT2D eigenvalue weighted by atomic mass is 16.5. The molecule has 1 atom stereocenters. The highest BCUT2D eigenvalue weighted by Crippen LogP contribution is 2.40. The summed E-state index contributed by atoms with van der Waals surface area (Å²) in [7, 11) is 4.87. The van der Waals surface area contributed by atoms with E-state index in [1.807, 2.05) is 42.5 Å². The molecule has 166 valence electrons. The maximum Gasteiger partial charge on any atom is 0.296 e. The van der Waals surface area contributed by atoms with Gasteiger partial charge in [-0.25, -0.2) is 5.01 Å². The lowest BCUT2D eigenvalue weighted by molar-refractivity contribution is -0.888. The van der Waals surface area contributed by atoms with E-state index >= 15 is 0 Å². The number of carbonyl (C=O) groups excluding carboxylic acids is 1. The van der Waals surface area contributed by atoms with Gasteiger partial charge in [0, 0.05) is 5.56 Å². The second kappa shape index (κ2) is 10.2. The van der Waals surface area contributed by atoms with Crippen LogP contribution in [0, 0.1) is 0 Å². The Kier molecular flexibility index (Phi) is 7.41. The minimum absolute atomic E-state index is 0.0216. The van der Waals surface area contributed by atoms with Crippen molar-refractivity contribution in [2.24, 2.45) is 0 Å². The van der Waals surface area contributed by atoms with Crippen molar-refractivity contribution < 1.29 is 23.9 Å². The van der Waals surface area contributed by atoms with Crippen molar-refractivity contribution in [2.75, 3.05) is 41.0 Å². The first-order chi connectivity index (χ1) is 15.1. The Balaban J connectivity index is 2.01. The average Bonchev–Trinajstić information content (AvgIpc) is 3.27. The summed E-state index contributed by atoms with van der Waals surface area (Å²) in [4.78, 5) is 14.5. The SMILES string of the molecule is CC[NH+](CC)CC(=O)N1NC(c2ccc(OC)cc2)=C[C@H]1c1cccc(OC)c1OC. The van der Waals surface area contributed by atoms with Gasteiger partial charge in [-0.1, -0.05) is 12.1 Å². The van der Waals surface area contributed by atoms with Crippen LogP contribution in [0.2, 0.25) is 0 Å². The molecule has 7 heteroatoms. The number of nitrogens with one attached hydrogen (secondary N) is 2. The number of quaternary nitrogens is 1. The molecule has 0 saturated heterocycles. The Bertz CT molecular complexity index is 923. The van der Waals surface area contributed by atoms with Gasteiger partial charge in [-0.2, -0.15) is 0 Å². The summed E-state index contributed by atoms with van der Waals surface area (Å²) in [5.74, 6) is 2.06. The lowest BCUT2D eigenvalue weighted by Crippen LogP contribution is -3.12. The number of hydrazine groups is 1. The number of nitrogens with zero attached hydrogens (tertiary/aromatic N) is 1. The van der Waals surface area contributed by atoms with E-state index in [4.69, 9.17) is 14.2 Å². The Hall–Kier alpha value is -3.19. The van der Waals surface area contributed by atoms with Crippen molar-refractivity contribution in [1.29, 1.82) is 0 Å². The predicted octanol–water partition coefficient (Wildman–Crippen LogP) is 2.07. The maximum absolute atomic E-state index is 13.3. The third-order valence-electron chi connectivity index (χ3n) is 5.67. The minimum atomic E-state index is -0.329. The fourth-order valence-electron chi connectivity index (χ4n) is 3.79. The van der Waals surface area contributed by atoms with Crippen LogP contribution in [0.4, 0.5) is 0 Å². The Morgan fingerprint density at radius 3 is 2.29 bits per heavy atom. The van der Waals surface area contributed by atoms with E-state index < -0.39 is 0 Å². The standard InChI is InChI=1S/C24H31N3O4/c1-6-26(7-2)16-23(28)27-21(19-9-8-10-22(30-4)24(19)31-5)15-20(25-27)17-11-13-18(29-3)14-12-17/h8-15,21,25H,6-7,16H2,1-5H3/p+1/t21-/m0/s1. The molecule has 1 aliphatic rings. The van der Waals surface area contributed by atoms with Crippen LogP contribution >= 0.6 is 0 Å². The number of likely N-dealkylation sites (N-methyl/N-ethyl adjacent to an activating group) is 1. The molecule has 2 aromatic carbocycles. The number of ether oxygens (including phenoxy) is 3. The molecule has 0 aromatic heterocycles. The molecule has 0 aliphatic carbocycles. The number of amides is 1. The van der Waals surface area contributed by atoms with E-state index in [9.17, 15) is 4.79 Å². The molecular weight excluding hydrogens is 394 g/mol. The van der Waals surface area contributed by atoms with E-state index in [1.165, 1.54) is 4.90 Å². The van der Waals surface area contributed by atoms with Crippen molar-refractivity contribution in [3.63, 3.8) is 0 Å². The van der Waals surface area contributed by atoms with E-state index in [-0.39, 0.29) is 11.9 Å². The Morgan fingerprint density at radius 1 is 1.00 bits per heavy atom. The van der Waals surface area contributed by atoms with Crippen LogP contribution in [-0.2, 0) is 4.79 Å². The fourth-order valence-corrected chi connectivity index (χ4v) is 3.79. The molecule has 0 unspecified atom stereocenters. The first kappa shape index (κ1) is 22.5. The number of benzene rings is 2. The van der Waals surface area contributed by atoms with Gasteiger partial charge in [-0.15, -0.1) is 0 Å². The smallest absolute Gasteiger partial charge is 0.296 e. The van der Waals surface area contributed by atoms with Crippen molar-refractivity contribution >= 4 is 11.6 Å². The minimum Gasteiger partial charge on any atom is -0.497 e. The van der Waals surface area contributed by atoms with Gasteiger partial charge in [-0.05, 0) is 55.8 Å². The molecule has 0 spiro atoms. The molecular formula is C24H32N3O4+. The van der Waals surface area contributed by atoms with Crippen LogP contribution in [-0.4, -0.2) is 51.9 Å². The monoisotopic (exact) mass is 426 g/mol. The quantitative estimate of drug-likeness (QED) is 0.643. The molecule has 3 rings (SSSR count). The molecule has 2 N–H and O–H groups in total. The topological polar surface area (TPSA) is 64.5 Å². The lowest BCUT2D eigenvalue weighted by Gasteiger charge is -2.28. The molecule has 0 fully saturated rings. The number of rotatable bonds is 9. The van der Waals surface area contributed by atoms with Gasteiger partial charge in [0.15, 0.2) is 18.0 Å². The van der Waals surface area contributed by atoms with Gasteiger partial charge in [0.2, 0.25) is 0 Å². The van der Waals surface area contributed by atoms with Crippen molar-refractivity contribution in [1.82, 2.24) is 10.4 Å². The lowest BCUT2D eigenvalue weighted by atomic mass is 10.0. The van der Waals surface area contributed by atoms with E-state index in [1.54, 1.807) is 26.3 Å². The second-order valence-corrected chi connectivity index (χ2v) is 7.35. The summed E-state index contributed by atoms with van der Waals surface area (Å²) in [6.45, 7) is 6.37. The molecule has 0 bridgehead atoms. The summed E-state index contributed by atoms with van der Waals surface area (Å²) >= 11 is 0. The average molecular weight is 427 g/mol. The van der Waals surface area contributed by atoms with E-state index in [0.29, 0.717) is 18.0 Å². The van der Waals surface area contributed by atoms with Crippen LogP contribution in [0.25, 0.3) is 5.70 Å². The highest BCUT2D eigenvalue weighted by Gasteiger charge is 2.34. The first-order valence-electron chi connectivity index (χ1n) is 10.6. The summed E-state index contributed by atoms with van der Waals surface area (Å²) in [6, 6.07) is 13.2. The maximum atomic E-state index is 13.3. The zero-order valence-corrected chi connectivity index (χ0v) is 18.9. The fraction of sp³-hybridized carbons (Fsp3) is 0.375. The molecule has 1 heterocycles. The number of methoxy groups -OCH3 is 3. The van der Waals surface area contributed by atoms with Crippen LogP contribution < -0.4 is 24.5 Å². The van der Waals surface area contributed by atoms with Crippen LogP contribution in [0.15, 0.2) is 48.5 Å². The van der Waals surface area contributed by atoms with Crippen LogP contribution in [0.3, 0.4) is 0 Å². The highest BCUT2D eigenvalue weighted by molar-refractivity contribution is 5.82. The molecule has 7 nitrogen and oxygen atoms in total. The van der Waals surface area contributed by atoms with E-state index in [0.717, 1.165) is 35.7 Å². The molecule has 0 saturated carbocycles. The zero-order valence-electron chi connectivity index (χ0n) is 18.9. The third kappa shape index (κ3) is 4.77. The number of hydrogen-bond donors (Lipinski definition) is 2. The summed E-state index contributed by atoms with van der Waals surface area (Å²) < 4.78 is 16.4. The summed E-state index contributed by atoms with van der Waals surface area (Å²) in [6.07, 6.45) is 2.05. The predicted molar refractivity (Wildman–Crippen MR) is 120 cm³/mol. The van der Waals surface area contributed by atoms with Crippen molar-refractivity contribution in [3.05, 3.63) is 59.7 Å². The van der Waals surface area contributed by atoms with Crippen molar-refractivity contribution in [3.8, 4) is 17.2 Å². The Morgan fingerprint density at radius 2 is 1.71 bits per heavy atom. The summed E-state index contributed by atoms with van der Waals surface area (Å²) in [5, 5.41) is 1.70. The van der Waals surface area contributed by atoms with Crippen LogP contribution in [0.1, 0.15) is 31.0 Å². The number of hydrogen-bond acceptors (Lipinski definition) is 5. The van der Waals surface area contributed by atoms with E-state index in [2.05, 4.69) is 25.3 Å². The molecule has 31 heavy (non-hydrogen) atoms. The van der Waals surface area contributed by atoms with Crippen LogP contribution in [0.5, 0.6) is 17.2 Å². The first-order valence-corrected chi connectivity index (χ1v) is 10.6. The van der Waals surface area contributed by atoms with Gasteiger partial charge in [0.1, 0.15) is 11.8 Å². The van der Waals surface area contributed by atoms with Gasteiger partial charge in [0.05, 0.1) is 40.1 Å². The Labute approximate surface area is 184 Å². The number of carbonyl (C=O) groups is 1.